The molecule has 0 saturated carbocycles. The Kier molecular flexibility index (Phi) is 5.76. The highest BCUT2D eigenvalue weighted by atomic mass is 16.7. The summed E-state index contributed by atoms with van der Waals surface area (Å²) in [7, 11) is 5.06. The number of methoxy groups -OCH3 is 3. The van der Waals surface area contributed by atoms with E-state index in [1.807, 2.05) is 36.4 Å². The van der Waals surface area contributed by atoms with Crippen molar-refractivity contribution in [3.63, 3.8) is 0 Å². The molecule has 0 N–H and O–H groups in total. The Bertz CT molecular complexity index is 822. The van der Waals surface area contributed by atoms with Gasteiger partial charge < -0.3 is 18.9 Å². The topological polar surface area (TPSA) is 36.9 Å². The molecular weight excluding hydrogens is 340 g/mol. The lowest BCUT2D eigenvalue weighted by atomic mass is 9.91. The summed E-state index contributed by atoms with van der Waals surface area (Å²) in [5.41, 5.74) is 4.34. The van der Waals surface area contributed by atoms with Crippen LogP contribution < -0.4 is 14.2 Å². The average Bonchev–Trinajstić information content (AvgIpc) is 2.71. The molecular formula is C23H28O4. The molecule has 27 heavy (non-hydrogen) atoms. The Morgan fingerprint density at radius 2 is 1.78 bits per heavy atom. The molecule has 3 rings (SSSR count). The minimum atomic E-state index is -0.814. The van der Waals surface area contributed by atoms with Crippen molar-refractivity contribution < 1.29 is 18.9 Å². The van der Waals surface area contributed by atoms with Crippen LogP contribution in [0.3, 0.4) is 0 Å². The van der Waals surface area contributed by atoms with Crippen molar-refractivity contribution in [3.8, 4) is 17.2 Å². The van der Waals surface area contributed by atoms with Crippen molar-refractivity contribution in [2.45, 2.75) is 38.9 Å². The van der Waals surface area contributed by atoms with E-state index in [-0.39, 0.29) is 0 Å². The van der Waals surface area contributed by atoms with Crippen LogP contribution in [0.5, 0.6) is 17.2 Å². The Morgan fingerprint density at radius 3 is 2.37 bits per heavy atom. The summed E-state index contributed by atoms with van der Waals surface area (Å²) in [5.74, 6) is 1.55. The van der Waals surface area contributed by atoms with Crippen LogP contribution in [0.25, 0.3) is 0 Å². The van der Waals surface area contributed by atoms with Gasteiger partial charge in [-0.2, -0.15) is 0 Å². The summed E-state index contributed by atoms with van der Waals surface area (Å²) in [6.45, 7) is 4.18. The molecule has 144 valence electrons. The van der Waals surface area contributed by atoms with Crippen LogP contribution >= 0.6 is 0 Å². The molecule has 1 aliphatic rings. The van der Waals surface area contributed by atoms with Crippen molar-refractivity contribution >= 4 is 0 Å². The van der Waals surface area contributed by atoms with E-state index in [9.17, 15) is 0 Å². The molecule has 4 heteroatoms. The summed E-state index contributed by atoms with van der Waals surface area (Å²) in [6, 6.07) is 12.1. The van der Waals surface area contributed by atoms with Crippen molar-refractivity contribution in [1.82, 2.24) is 0 Å². The zero-order valence-electron chi connectivity index (χ0n) is 16.8. The van der Waals surface area contributed by atoms with Gasteiger partial charge in [-0.15, -0.1) is 0 Å². The van der Waals surface area contributed by atoms with E-state index in [2.05, 4.69) is 19.9 Å². The van der Waals surface area contributed by atoms with E-state index < -0.39 is 5.79 Å². The predicted molar refractivity (Wildman–Crippen MR) is 107 cm³/mol. The van der Waals surface area contributed by atoms with Gasteiger partial charge in [0.15, 0.2) is 0 Å². The standard InChI is InChI=1S/C23H28O4/c1-16(2)11-12-18-20(24-3)15-21(25-4)19-13-14-23(26-5,27-22(18)19)17-9-7-6-8-10-17/h6-11,15H,12-14H2,1-5H3. The number of hydrogen-bond acceptors (Lipinski definition) is 4. The van der Waals surface area contributed by atoms with E-state index in [0.717, 1.165) is 46.8 Å². The molecule has 4 nitrogen and oxygen atoms in total. The predicted octanol–water partition coefficient (Wildman–Crippen LogP) is 5.04. The normalized spacial score (nSPS) is 18.3. The van der Waals surface area contributed by atoms with Gasteiger partial charge in [0.25, 0.3) is 0 Å². The van der Waals surface area contributed by atoms with Crippen LogP contribution in [0.15, 0.2) is 48.0 Å². The maximum atomic E-state index is 6.59. The summed E-state index contributed by atoms with van der Waals surface area (Å²) in [6.07, 6.45) is 4.42. The molecule has 1 heterocycles. The highest BCUT2D eigenvalue weighted by molar-refractivity contribution is 5.59. The average molecular weight is 368 g/mol. The van der Waals surface area contributed by atoms with Gasteiger partial charge in [0.2, 0.25) is 5.79 Å². The van der Waals surface area contributed by atoms with Gasteiger partial charge in [0, 0.05) is 36.3 Å². The fourth-order valence-corrected chi connectivity index (χ4v) is 3.59. The van der Waals surface area contributed by atoms with E-state index >= 15 is 0 Å². The van der Waals surface area contributed by atoms with Crippen LogP contribution in [0, 0.1) is 0 Å². The molecule has 0 bridgehead atoms. The maximum absolute atomic E-state index is 6.59. The smallest absolute Gasteiger partial charge is 0.237 e. The molecule has 0 aromatic heterocycles. The summed E-state index contributed by atoms with van der Waals surface area (Å²) in [5, 5.41) is 0. The molecule has 2 aromatic carbocycles. The lowest BCUT2D eigenvalue weighted by Gasteiger charge is -2.39. The van der Waals surface area contributed by atoms with Gasteiger partial charge in [-0.25, -0.2) is 0 Å². The third-order valence-electron chi connectivity index (χ3n) is 5.07. The van der Waals surface area contributed by atoms with Crippen molar-refractivity contribution in [1.29, 1.82) is 0 Å². The highest BCUT2D eigenvalue weighted by Gasteiger charge is 2.41. The van der Waals surface area contributed by atoms with E-state index in [4.69, 9.17) is 18.9 Å². The monoisotopic (exact) mass is 368 g/mol. The van der Waals surface area contributed by atoms with Crippen molar-refractivity contribution in [2.24, 2.45) is 0 Å². The van der Waals surface area contributed by atoms with Gasteiger partial charge in [0.05, 0.1) is 14.2 Å². The van der Waals surface area contributed by atoms with Gasteiger partial charge >= 0.3 is 0 Å². The number of hydrogen-bond donors (Lipinski definition) is 0. The highest BCUT2D eigenvalue weighted by Crippen LogP contribution is 2.48. The second-order valence-corrected chi connectivity index (χ2v) is 6.98. The SMILES string of the molecule is COc1cc(OC)c2c(c1CC=C(C)C)OC(OC)(c1ccccc1)CC2. The molecule has 0 spiro atoms. The number of allylic oxidation sites excluding steroid dienone is 2. The number of ether oxygens (including phenoxy) is 4. The molecule has 2 aromatic rings. The number of fused-ring (bicyclic) bond motifs is 1. The Hall–Kier alpha value is -2.46. The molecule has 0 saturated heterocycles. The van der Waals surface area contributed by atoms with E-state index in [1.165, 1.54) is 5.57 Å². The molecule has 0 radical (unpaired) electrons. The molecule has 0 fully saturated rings. The lowest BCUT2D eigenvalue weighted by molar-refractivity contribution is -0.184. The fourth-order valence-electron chi connectivity index (χ4n) is 3.59. The third-order valence-corrected chi connectivity index (χ3v) is 5.07. The van der Waals surface area contributed by atoms with E-state index in [1.54, 1.807) is 21.3 Å². The Morgan fingerprint density at radius 1 is 1.07 bits per heavy atom. The third kappa shape index (κ3) is 3.67. The molecule has 1 aliphatic heterocycles. The quantitative estimate of drug-likeness (QED) is 0.670. The van der Waals surface area contributed by atoms with Gasteiger partial charge in [-0.1, -0.05) is 42.0 Å². The minimum absolute atomic E-state index is 0.714. The summed E-state index contributed by atoms with van der Waals surface area (Å²) in [4.78, 5) is 0. The second kappa shape index (κ2) is 8.05. The second-order valence-electron chi connectivity index (χ2n) is 6.98. The summed E-state index contributed by atoms with van der Waals surface area (Å²) < 4.78 is 23.8. The first kappa shape index (κ1) is 19.3. The lowest BCUT2D eigenvalue weighted by Crippen LogP contribution is -2.39. The summed E-state index contributed by atoms with van der Waals surface area (Å²) >= 11 is 0. The molecule has 0 aliphatic carbocycles. The Labute approximate surface area is 161 Å². The largest absolute Gasteiger partial charge is 0.496 e. The van der Waals surface area contributed by atoms with Crippen LogP contribution in [0.4, 0.5) is 0 Å². The Balaban J connectivity index is 2.16. The van der Waals surface area contributed by atoms with Crippen LogP contribution in [0.1, 0.15) is 37.0 Å². The maximum Gasteiger partial charge on any atom is 0.237 e. The fraction of sp³-hybridized carbons (Fsp3) is 0.391. The molecule has 1 unspecified atom stereocenters. The molecule has 1 atom stereocenters. The first-order valence-corrected chi connectivity index (χ1v) is 9.24. The number of rotatable bonds is 6. The van der Waals surface area contributed by atoms with Crippen LogP contribution in [0.2, 0.25) is 0 Å². The van der Waals surface area contributed by atoms with E-state index in [0.29, 0.717) is 6.42 Å². The zero-order chi connectivity index (χ0) is 19.4. The molecule has 0 amide bonds. The van der Waals surface area contributed by atoms with Gasteiger partial charge in [0.1, 0.15) is 17.2 Å². The van der Waals surface area contributed by atoms with Gasteiger partial charge in [-0.3, -0.25) is 0 Å². The van der Waals surface area contributed by atoms with Gasteiger partial charge in [-0.05, 0) is 26.7 Å². The minimum Gasteiger partial charge on any atom is -0.496 e. The number of benzene rings is 2. The van der Waals surface area contributed by atoms with Crippen molar-refractivity contribution in [2.75, 3.05) is 21.3 Å². The first-order valence-electron chi connectivity index (χ1n) is 9.24. The zero-order valence-corrected chi connectivity index (χ0v) is 16.8. The van der Waals surface area contributed by atoms with Crippen LogP contribution in [-0.4, -0.2) is 21.3 Å². The van der Waals surface area contributed by atoms with Crippen LogP contribution in [-0.2, 0) is 23.4 Å². The first-order chi connectivity index (χ1) is 13.0. The van der Waals surface area contributed by atoms with Crippen molar-refractivity contribution in [3.05, 3.63) is 64.7 Å².